The lowest BCUT2D eigenvalue weighted by Gasteiger charge is -2.33. The van der Waals surface area contributed by atoms with Gasteiger partial charge in [0.25, 0.3) is 0 Å². The van der Waals surface area contributed by atoms with Crippen LogP contribution in [0.2, 0.25) is 0 Å². The van der Waals surface area contributed by atoms with Gasteiger partial charge in [-0.1, -0.05) is 0 Å². The van der Waals surface area contributed by atoms with Crippen LogP contribution in [0.15, 0.2) is 18.3 Å². The summed E-state index contributed by atoms with van der Waals surface area (Å²) in [5.74, 6) is -0.420. The van der Waals surface area contributed by atoms with Crippen LogP contribution in [-0.4, -0.2) is 30.7 Å². The van der Waals surface area contributed by atoms with Crippen LogP contribution in [0.25, 0.3) is 0 Å². The van der Waals surface area contributed by atoms with E-state index in [1.54, 1.807) is 12.3 Å². The molecule has 0 aromatic carbocycles. The Balaban J connectivity index is 2.10. The van der Waals surface area contributed by atoms with Crippen LogP contribution in [0.1, 0.15) is 6.92 Å². The number of pyridine rings is 1. The van der Waals surface area contributed by atoms with Gasteiger partial charge in [0, 0.05) is 25.7 Å². The first-order valence-electron chi connectivity index (χ1n) is 4.85. The van der Waals surface area contributed by atoms with E-state index >= 15 is 0 Å². The van der Waals surface area contributed by atoms with Gasteiger partial charge in [-0.25, -0.2) is 4.98 Å². The van der Waals surface area contributed by atoms with Gasteiger partial charge in [0.2, 0.25) is 5.95 Å². The second kappa shape index (κ2) is 3.92. The number of hydrogen-bond acceptors (Lipinski definition) is 3. The summed E-state index contributed by atoms with van der Waals surface area (Å²) in [4.78, 5) is 5.87. The number of nitrogens with zero attached hydrogens (tertiary/aromatic N) is 2. The zero-order valence-electron chi connectivity index (χ0n) is 8.20. The number of rotatable bonds is 1. The number of hydrogen-bond donors (Lipinski definition) is 1. The van der Waals surface area contributed by atoms with Crippen LogP contribution < -0.4 is 10.2 Å². The highest BCUT2D eigenvalue weighted by atomic mass is 19.1. The van der Waals surface area contributed by atoms with Gasteiger partial charge in [0.1, 0.15) is 0 Å². The maximum absolute atomic E-state index is 12.6. The Morgan fingerprint density at radius 2 is 2.43 bits per heavy atom. The van der Waals surface area contributed by atoms with Crippen LogP contribution in [0.5, 0.6) is 0 Å². The van der Waals surface area contributed by atoms with E-state index in [0.717, 1.165) is 25.3 Å². The van der Waals surface area contributed by atoms with Gasteiger partial charge < -0.3 is 10.2 Å². The molecular formula is C10H14FN3. The molecule has 1 fully saturated rings. The number of halogens is 1. The molecule has 1 saturated heterocycles. The van der Waals surface area contributed by atoms with Gasteiger partial charge >= 0.3 is 0 Å². The lowest BCUT2D eigenvalue weighted by molar-refractivity contribution is 0.484. The van der Waals surface area contributed by atoms with Crippen molar-refractivity contribution in [3.63, 3.8) is 0 Å². The predicted molar refractivity (Wildman–Crippen MR) is 53.9 cm³/mol. The van der Waals surface area contributed by atoms with Gasteiger partial charge in [-0.2, -0.15) is 4.39 Å². The zero-order chi connectivity index (χ0) is 9.97. The van der Waals surface area contributed by atoms with Crippen LogP contribution in [0.4, 0.5) is 10.1 Å². The molecule has 1 aliphatic rings. The van der Waals surface area contributed by atoms with Crippen LogP contribution in [-0.2, 0) is 0 Å². The molecule has 1 N–H and O–H groups in total. The summed E-state index contributed by atoms with van der Waals surface area (Å²) >= 11 is 0. The van der Waals surface area contributed by atoms with Crippen molar-refractivity contribution in [2.24, 2.45) is 0 Å². The van der Waals surface area contributed by atoms with E-state index in [2.05, 4.69) is 22.1 Å². The lowest BCUT2D eigenvalue weighted by atomic mass is 10.2. The number of nitrogens with one attached hydrogen (secondary N) is 1. The molecule has 1 aliphatic heterocycles. The number of aromatic nitrogens is 1. The Morgan fingerprint density at radius 1 is 1.57 bits per heavy atom. The molecule has 0 radical (unpaired) electrons. The van der Waals surface area contributed by atoms with Gasteiger partial charge in [0.15, 0.2) is 0 Å². The number of piperazine rings is 1. The first-order valence-corrected chi connectivity index (χ1v) is 4.85. The average Bonchev–Trinajstić information content (AvgIpc) is 2.19. The second-order valence-electron chi connectivity index (χ2n) is 3.64. The largest absolute Gasteiger partial charge is 0.367 e. The monoisotopic (exact) mass is 195 g/mol. The minimum Gasteiger partial charge on any atom is -0.367 e. The van der Waals surface area contributed by atoms with Crippen LogP contribution in [0.3, 0.4) is 0 Å². The molecule has 0 spiro atoms. The Labute approximate surface area is 82.9 Å². The minimum absolute atomic E-state index is 0.420. The van der Waals surface area contributed by atoms with Crippen molar-refractivity contribution in [3.8, 4) is 0 Å². The molecule has 1 aromatic rings. The molecule has 1 atom stereocenters. The molecule has 0 bridgehead atoms. The highest BCUT2D eigenvalue weighted by molar-refractivity contribution is 5.44. The third-order valence-corrected chi connectivity index (χ3v) is 2.45. The molecular weight excluding hydrogens is 181 g/mol. The fourth-order valence-electron chi connectivity index (χ4n) is 1.72. The Bertz CT molecular complexity index is 299. The summed E-state index contributed by atoms with van der Waals surface area (Å²) in [6.45, 7) is 5.02. The third kappa shape index (κ3) is 2.01. The van der Waals surface area contributed by atoms with Crippen LogP contribution in [0, 0.1) is 5.95 Å². The summed E-state index contributed by atoms with van der Waals surface area (Å²) in [5.41, 5.74) is 1.000. The van der Waals surface area contributed by atoms with Crippen molar-refractivity contribution < 1.29 is 4.39 Å². The molecule has 0 saturated carbocycles. The third-order valence-electron chi connectivity index (χ3n) is 2.45. The smallest absolute Gasteiger partial charge is 0.212 e. The molecule has 4 heteroatoms. The normalized spacial score (nSPS) is 22.4. The fourth-order valence-corrected chi connectivity index (χ4v) is 1.72. The summed E-state index contributed by atoms with van der Waals surface area (Å²) in [7, 11) is 0. The Morgan fingerprint density at radius 3 is 3.07 bits per heavy atom. The lowest BCUT2D eigenvalue weighted by Crippen LogP contribution is -2.49. The fraction of sp³-hybridized carbons (Fsp3) is 0.500. The molecule has 2 rings (SSSR count). The highest BCUT2D eigenvalue weighted by Gasteiger charge is 2.15. The summed E-state index contributed by atoms with van der Waals surface area (Å²) < 4.78 is 12.6. The minimum atomic E-state index is -0.420. The topological polar surface area (TPSA) is 28.2 Å². The second-order valence-corrected chi connectivity index (χ2v) is 3.64. The van der Waals surface area contributed by atoms with Gasteiger partial charge in [-0.3, -0.25) is 0 Å². The molecule has 14 heavy (non-hydrogen) atoms. The average molecular weight is 195 g/mol. The standard InChI is InChI=1S/C10H14FN3/c1-8-7-14(5-4-12-8)9-2-3-10(11)13-6-9/h2-3,6,8,12H,4-5,7H2,1H3/t8-/m0/s1. The van der Waals surface area contributed by atoms with Crippen LogP contribution >= 0.6 is 0 Å². The molecule has 76 valence electrons. The summed E-state index contributed by atoms with van der Waals surface area (Å²) in [5, 5.41) is 3.36. The first kappa shape index (κ1) is 9.40. The molecule has 0 aliphatic carbocycles. The van der Waals surface area contributed by atoms with Gasteiger partial charge in [-0.15, -0.1) is 0 Å². The van der Waals surface area contributed by atoms with Crippen molar-refractivity contribution in [1.29, 1.82) is 0 Å². The van der Waals surface area contributed by atoms with Crippen molar-refractivity contribution in [2.75, 3.05) is 24.5 Å². The van der Waals surface area contributed by atoms with Crippen molar-refractivity contribution in [1.82, 2.24) is 10.3 Å². The maximum Gasteiger partial charge on any atom is 0.212 e. The molecule has 0 unspecified atom stereocenters. The highest BCUT2D eigenvalue weighted by Crippen LogP contribution is 2.14. The van der Waals surface area contributed by atoms with E-state index in [1.807, 2.05) is 0 Å². The zero-order valence-corrected chi connectivity index (χ0v) is 8.20. The van der Waals surface area contributed by atoms with E-state index in [-0.39, 0.29) is 0 Å². The predicted octanol–water partition coefficient (Wildman–Crippen LogP) is 1.02. The van der Waals surface area contributed by atoms with E-state index in [9.17, 15) is 4.39 Å². The van der Waals surface area contributed by atoms with E-state index < -0.39 is 5.95 Å². The SMILES string of the molecule is C[C@H]1CN(c2ccc(F)nc2)CCN1. The van der Waals surface area contributed by atoms with E-state index in [4.69, 9.17) is 0 Å². The molecule has 2 heterocycles. The van der Waals surface area contributed by atoms with Crippen molar-refractivity contribution in [2.45, 2.75) is 13.0 Å². The molecule has 0 amide bonds. The Kier molecular flexibility index (Phi) is 2.63. The number of anilines is 1. The van der Waals surface area contributed by atoms with Crippen molar-refractivity contribution in [3.05, 3.63) is 24.3 Å². The Hall–Kier alpha value is -1.16. The quantitative estimate of drug-likeness (QED) is 0.678. The van der Waals surface area contributed by atoms with E-state index in [1.165, 1.54) is 6.07 Å². The molecule has 3 nitrogen and oxygen atoms in total. The molecule has 1 aromatic heterocycles. The maximum atomic E-state index is 12.6. The van der Waals surface area contributed by atoms with Crippen molar-refractivity contribution >= 4 is 5.69 Å². The first-order chi connectivity index (χ1) is 6.75. The van der Waals surface area contributed by atoms with Gasteiger partial charge in [0.05, 0.1) is 11.9 Å². The summed E-state index contributed by atoms with van der Waals surface area (Å²) in [6, 6.07) is 3.66. The summed E-state index contributed by atoms with van der Waals surface area (Å²) in [6.07, 6.45) is 1.59. The van der Waals surface area contributed by atoms with Gasteiger partial charge in [-0.05, 0) is 19.1 Å². The van der Waals surface area contributed by atoms with E-state index in [0.29, 0.717) is 6.04 Å².